The van der Waals surface area contributed by atoms with E-state index in [2.05, 4.69) is 20.9 Å². The predicted molar refractivity (Wildman–Crippen MR) is 75.4 cm³/mol. The number of hydrogen-bond donors (Lipinski definition) is 0. The summed E-state index contributed by atoms with van der Waals surface area (Å²) in [5.41, 5.74) is 3.35. The van der Waals surface area contributed by atoms with Crippen LogP contribution < -0.4 is 9.47 Å². The van der Waals surface area contributed by atoms with Gasteiger partial charge in [-0.3, -0.25) is 0 Å². The standard InChI is InChI=1S/C14H14BrNO2/c1-17-12-5-3-10(4-6-12)13-9-16-14(18-2)7-11(13)8-15/h3-7,9H,8H2,1-2H3. The van der Waals surface area contributed by atoms with E-state index in [0.29, 0.717) is 5.88 Å². The van der Waals surface area contributed by atoms with E-state index >= 15 is 0 Å². The zero-order valence-electron chi connectivity index (χ0n) is 10.3. The fourth-order valence-corrected chi connectivity index (χ4v) is 2.19. The van der Waals surface area contributed by atoms with Crippen LogP contribution in [0, 0.1) is 0 Å². The number of nitrogens with zero attached hydrogens (tertiary/aromatic N) is 1. The number of pyridine rings is 1. The van der Waals surface area contributed by atoms with Crippen molar-refractivity contribution < 1.29 is 9.47 Å². The van der Waals surface area contributed by atoms with Gasteiger partial charge in [-0.2, -0.15) is 0 Å². The second-order valence-corrected chi connectivity index (χ2v) is 4.31. The van der Waals surface area contributed by atoms with Gasteiger partial charge in [0.15, 0.2) is 0 Å². The lowest BCUT2D eigenvalue weighted by Gasteiger charge is -2.09. The van der Waals surface area contributed by atoms with E-state index in [9.17, 15) is 0 Å². The van der Waals surface area contributed by atoms with E-state index in [1.807, 2.05) is 36.5 Å². The Bertz CT molecular complexity index is 526. The lowest BCUT2D eigenvalue weighted by molar-refractivity contribution is 0.397. The average molecular weight is 308 g/mol. The highest BCUT2D eigenvalue weighted by Gasteiger charge is 2.07. The molecule has 18 heavy (non-hydrogen) atoms. The van der Waals surface area contributed by atoms with Gasteiger partial charge >= 0.3 is 0 Å². The SMILES string of the molecule is COc1ccc(-c2cnc(OC)cc2CBr)cc1. The Hall–Kier alpha value is -1.55. The summed E-state index contributed by atoms with van der Waals surface area (Å²) in [5, 5.41) is 0.757. The summed E-state index contributed by atoms with van der Waals surface area (Å²) >= 11 is 3.49. The molecule has 0 amide bonds. The van der Waals surface area contributed by atoms with Crippen LogP contribution in [0.15, 0.2) is 36.5 Å². The molecule has 0 fully saturated rings. The van der Waals surface area contributed by atoms with E-state index in [-0.39, 0.29) is 0 Å². The van der Waals surface area contributed by atoms with E-state index in [4.69, 9.17) is 9.47 Å². The molecule has 1 aromatic heterocycles. The lowest BCUT2D eigenvalue weighted by atomic mass is 10.0. The Morgan fingerprint density at radius 1 is 1.11 bits per heavy atom. The van der Waals surface area contributed by atoms with E-state index in [0.717, 1.165) is 27.8 Å². The van der Waals surface area contributed by atoms with Gasteiger partial charge < -0.3 is 9.47 Å². The smallest absolute Gasteiger partial charge is 0.213 e. The number of rotatable bonds is 4. The van der Waals surface area contributed by atoms with Crippen molar-refractivity contribution in [3.63, 3.8) is 0 Å². The molecule has 0 aliphatic rings. The minimum atomic E-state index is 0.627. The fourth-order valence-electron chi connectivity index (χ4n) is 1.73. The van der Waals surface area contributed by atoms with Gasteiger partial charge in [0, 0.05) is 23.2 Å². The molecule has 0 spiro atoms. The average Bonchev–Trinajstić information content (AvgIpc) is 2.46. The van der Waals surface area contributed by atoms with Crippen molar-refractivity contribution >= 4 is 15.9 Å². The van der Waals surface area contributed by atoms with Crippen LogP contribution in [0.2, 0.25) is 0 Å². The van der Waals surface area contributed by atoms with Crippen LogP contribution >= 0.6 is 15.9 Å². The molecule has 2 rings (SSSR count). The van der Waals surface area contributed by atoms with Crippen molar-refractivity contribution in [2.75, 3.05) is 14.2 Å². The topological polar surface area (TPSA) is 31.4 Å². The van der Waals surface area contributed by atoms with Gasteiger partial charge in [-0.05, 0) is 23.3 Å². The first-order valence-electron chi connectivity index (χ1n) is 5.51. The fraction of sp³-hybridized carbons (Fsp3) is 0.214. The Labute approximate surface area is 115 Å². The molecule has 2 aromatic rings. The summed E-state index contributed by atoms with van der Waals surface area (Å²) in [6.07, 6.45) is 1.83. The van der Waals surface area contributed by atoms with Crippen molar-refractivity contribution in [3.8, 4) is 22.8 Å². The Morgan fingerprint density at radius 2 is 1.83 bits per heavy atom. The Balaban J connectivity index is 2.42. The predicted octanol–water partition coefficient (Wildman–Crippen LogP) is 3.66. The van der Waals surface area contributed by atoms with Crippen LogP contribution in [0.5, 0.6) is 11.6 Å². The van der Waals surface area contributed by atoms with Gasteiger partial charge in [0.2, 0.25) is 5.88 Å². The monoisotopic (exact) mass is 307 g/mol. The van der Waals surface area contributed by atoms with Gasteiger partial charge in [0.25, 0.3) is 0 Å². The molecular weight excluding hydrogens is 294 g/mol. The van der Waals surface area contributed by atoms with E-state index in [1.165, 1.54) is 0 Å². The highest BCUT2D eigenvalue weighted by atomic mass is 79.9. The molecule has 1 aromatic carbocycles. The van der Waals surface area contributed by atoms with Gasteiger partial charge in [-0.15, -0.1) is 0 Å². The number of halogens is 1. The molecule has 0 saturated carbocycles. The van der Waals surface area contributed by atoms with Gasteiger partial charge in [0.05, 0.1) is 14.2 Å². The number of ether oxygens (including phenoxy) is 2. The van der Waals surface area contributed by atoms with Crippen LogP contribution in [0.3, 0.4) is 0 Å². The van der Waals surface area contributed by atoms with Crippen LogP contribution in [-0.4, -0.2) is 19.2 Å². The van der Waals surface area contributed by atoms with E-state index < -0.39 is 0 Å². The minimum absolute atomic E-state index is 0.627. The molecule has 0 bridgehead atoms. The quantitative estimate of drug-likeness (QED) is 0.808. The summed E-state index contributed by atoms with van der Waals surface area (Å²) in [7, 11) is 3.28. The van der Waals surface area contributed by atoms with Crippen molar-refractivity contribution in [2.24, 2.45) is 0 Å². The van der Waals surface area contributed by atoms with Gasteiger partial charge in [0.1, 0.15) is 5.75 Å². The van der Waals surface area contributed by atoms with Crippen molar-refractivity contribution in [2.45, 2.75) is 5.33 Å². The third kappa shape index (κ3) is 2.64. The summed E-state index contributed by atoms with van der Waals surface area (Å²) in [6, 6.07) is 9.87. The second kappa shape index (κ2) is 5.87. The Kier molecular flexibility index (Phi) is 4.20. The molecule has 94 valence electrons. The first-order chi connectivity index (χ1) is 8.78. The molecule has 0 unspecified atom stereocenters. The Morgan fingerprint density at radius 3 is 2.39 bits per heavy atom. The van der Waals surface area contributed by atoms with E-state index in [1.54, 1.807) is 14.2 Å². The maximum absolute atomic E-state index is 5.15. The second-order valence-electron chi connectivity index (χ2n) is 3.75. The maximum atomic E-state index is 5.15. The highest BCUT2D eigenvalue weighted by Crippen LogP contribution is 2.28. The molecule has 0 N–H and O–H groups in total. The first-order valence-corrected chi connectivity index (χ1v) is 6.64. The molecule has 3 nitrogen and oxygen atoms in total. The normalized spacial score (nSPS) is 10.2. The molecule has 0 radical (unpaired) electrons. The molecule has 0 atom stereocenters. The van der Waals surface area contributed by atoms with Crippen LogP contribution in [-0.2, 0) is 5.33 Å². The summed E-state index contributed by atoms with van der Waals surface area (Å²) in [5.74, 6) is 1.47. The summed E-state index contributed by atoms with van der Waals surface area (Å²) in [4.78, 5) is 4.25. The van der Waals surface area contributed by atoms with Crippen molar-refractivity contribution in [1.82, 2.24) is 4.98 Å². The summed E-state index contributed by atoms with van der Waals surface area (Å²) in [6.45, 7) is 0. The maximum Gasteiger partial charge on any atom is 0.213 e. The number of alkyl halides is 1. The molecule has 0 saturated heterocycles. The van der Waals surface area contributed by atoms with Gasteiger partial charge in [-0.1, -0.05) is 28.1 Å². The lowest BCUT2D eigenvalue weighted by Crippen LogP contribution is -1.93. The zero-order chi connectivity index (χ0) is 13.0. The first kappa shape index (κ1) is 12.9. The molecule has 0 aliphatic heterocycles. The molecule has 4 heteroatoms. The number of aromatic nitrogens is 1. The van der Waals surface area contributed by atoms with Crippen molar-refractivity contribution in [1.29, 1.82) is 0 Å². The third-order valence-electron chi connectivity index (χ3n) is 2.72. The number of benzene rings is 1. The van der Waals surface area contributed by atoms with Crippen molar-refractivity contribution in [3.05, 3.63) is 42.1 Å². The van der Waals surface area contributed by atoms with Crippen LogP contribution in [0.25, 0.3) is 11.1 Å². The minimum Gasteiger partial charge on any atom is -0.497 e. The van der Waals surface area contributed by atoms with Gasteiger partial charge in [-0.25, -0.2) is 4.98 Å². The third-order valence-corrected chi connectivity index (χ3v) is 3.32. The summed E-state index contributed by atoms with van der Waals surface area (Å²) < 4.78 is 10.3. The molecule has 0 aliphatic carbocycles. The number of hydrogen-bond acceptors (Lipinski definition) is 3. The molecular formula is C14H14BrNO2. The number of methoxy groups -OCH3 is 2. The zero-order valence-corrected chi connectivity index (χ0v) is 11.9. The largest absolute Gasteiger partial charge is 0.497 e. The highest BCUT2D eigenvalue weighted by molar-refractivity contribution is 9.08. The van der Waals surface area contributed by atoms with Crippen LogP contribution in [0.4, 0.5) is 0 Å². The molecule has 1 heterocycles. The van der Waals surface area contributed by atoms with Crippen LogP contribution in [0.1, 0.15) is 5.56 Å².